The van der Waals surface area contributed by atoms with Crippen molar-refractivity contribution in [2.75, 3.05) is 7.11 Å². The topological polar surface area (TPSA) is 48.4 Å². The third-order valence-corrected chi connectivity index (χ3v) is 4.39. The number of rotatable bonds is 5. The summed E-state index contributed by atoms with van der Waals surface area (Å²) in [5.74, 6) is -1.51. The zero-order valence-electron chi connectivity index (χ0n) is 16.9. The van der Waals surface area contributed by atoms with Crippen molar-refractivity contribution in [3.63, 3.8) is 0 Å². The maximum Gasteiger partial charge on any atom is 0.416 e. The Bertz CT molecular complexity index is 1140. The van der Waals surface area contributed by atoms with Gasteiger partial charge in [-0.25, -0.2) is 4.79 Å². The number of esters is 1. The van der Waals surface area contributed by atoms with E-state index >= 15 is 0 Å². The summed E-state index contributed by atoms with van der Waals surface area (Å²) in [6.07, 6.45) is -3.44. The molecule has 3 rings (SSSR count). The van der Waals surface area contributed by atoms with E-state index in [1.165, 1.54) is 25.3 Å². The minimum absolute atomic E-state index is 0.0586. The summed E-state index contributed by atoms with van der Waals surface area (Å²) in [5.41, 5.74) is -2.63. The van der Waals surface area contributed by atoms with Crippen molar-refractivity contribution in [1.29, 1.82) is 0 Å². The number of pyridine rings is 1. The van der Waals surface area contributed by atoms with Crippen molar-refractivity contribution in [1.82, 2.24) is 4.98 Å². The number of halogens is 6. The molecular formula is C23H15F6NO3. The van der Waals surface area contributed by atoms with E-state index in [2.05, 4.69) is 4.98 Å². The minimum atomic E-state index is -5.09. The zero-order valence-corrected chi connectivity index (χ0v) is 16.9. The molecule has 0 N–H and O–H groups in total. The van der Waals surface area contributed by atoms with Gasteiger partial charge in [0.2, 0.25) is 0 Å². The lowest BCUT2D eigenvalue weighted by Crippen LogP contribution is -2.16. The predicted molar refractivity (Wildman–Crippen MR) is 108 cm³/mol. The highest BCUT2D eigenvalue weighted by molar-refractivity contribution is 5.92. The van der Waals surface area contributed by atoms with Crippen LogP contribution in [0, 0.1) is 0 Å². The molecule has 0 bridgehead atoms. The van der Waals surface area contributed by atoms with Gasteiger partial charge in [0.05, 0.1) is 23.8 Å². The van der Waals surface area contributed by atoms with Gasteiger partial charge in [0.25, 0.3) is 0 Å². The number of nitrogens with zero attached hydrogens (tertiary/aromatic N) is 1. The Hall–Kier alpha value is -3.82. The fourth-order valence-corrected chi connectivity index (χ4v) is 2.77. The molecule has 0 aliphatic carbocycles. The summed E-state index contributed by atoms with van der Waals surface area (Å²) in [5, 5.41) is 0. The molecular weight excluding hydrogens is 452 g/mol. The molecule has 1 heterocycles. The molecule has 3 aromatic rings. The Morgan fingerprint density at radius 3 is 1.91 bits per heavy atom. The lowest BCUT2D eigenvalue weighted by molar-refractivity contribution is -0.143. The van der Waals surface area contributed by atoms with Crippen LogP contribution in [0.5, 0.6) is 11.5 Å². The van der Waals surface area contributed by atoms with Gasteiger partial charge in [-0.1, -0.05) is 18.2 Å². The first-order valence-electron chi connectivity index (χ1n) is 9.25. The molecule has 4 nitrogen and oxygen atoms in total. The number of alkyl halides is 6. The predicted octanol–water partition coefficient (Wildman–Crippen LogP) is 6.52. The van der Waals surface area contributed by atoms with Crippen LogP contribution in [0.25, 0.3) is 12.2 Å². The van der Waals surface area contributed by atoms with Crippen molar-refractivity contribution >= 4 is 18.1 Å². The molecule has 0 radical (unpaired) electrons. The van der Waals surface area contributed by atoms with Crippen molar-refractivity contribution < 1.29 is 40.6 Å². The molecule has 0 saturated heterocycles. The quantitative estimate of drug-likeness (QED) is 0.244. The summed E-state index contributed by atoms with van der Waals surface area (Å²) in [6, 6.07) is 8.43. The second kappa shape index (κ2) is 9.35. The maximum absolute atomic E-state index is 13.0. The van der Waals surface area contributed by atoms with E-state index in [1.807, 2.05) is 0 Å². The minimum Gasteiger partial charge on any atom is -0.493 e. The van der Waals surface area contributed by atoms with Crippen LogP contribution in [0.2, 0.25) is 0 Å². The maximum atomic E-state index is 13.0. The molecule has 172 valence electrons. The molecule has 0 atom stereocenters. The first-order valence-corrected chi connectivity index (χ1v) is 9.25. The fraction of sp³-hybridized carbons (Fsp3) is 0.130. The third-order valence-electron chi connectivity index (χ3n) is 4.39. The van der Waals surface area contributed by atoms with Crippen LogP contribution in [0.1, 0.15) is 32.6 Å². The smallest absolute Gasteiger partial charge is 0.416 e. The molecule has 0 aliphatic heterocycles. The number of carbonyl (C=O) groups is 1. The number of ether oxygens (including phenoxy) is 2. The second-order valence-corrected chi connectivity index (χ2v) is 6.71. The Balaban J connectivity index is 1.88. The highest BCUT2D eigenvalue weighted by Gasteiger charge is 2.37. The lowest BCUT2D eigenvalue weighted by Gasteiger charge is -2.14. The molecule has 0 fully saturated rings. The normalized spacial score (nSPS) is 12.1. The molecule has 0 unspecified atom stereocenters. The third kappa shape index (κ3) is 6.12. The van der Waals surface area contributed by atoms with Crippen molar-refractivity contribution in [2.24, 2.45) is 0 Å². The summed E-state index contributed by atoms with van der Waals surface area (Å²) in [4.78, 5) is 16.3. The van der Waals surface area contributed by atoms with Gasteiger partial charge in [0.1, 0.15) is 0 Å². The Labute approximate surface area is 184 Å². The SMILES string of the molecule is COc1cc(/C=C/c2ccncc2)ccc1OC(=O)c1cc(C(F)(F)F)cc(C(F)(F)F)c1. The lowest BCUT2D eigenvalue weighted by atomic mass is 10.0. The van der Waals surface area contributed by atoms with E-state index in [1.54, 1.807) is 36.7 Å². The summed E-state index contributed by atoms with van der Waals surface area (Å²) >= 11 is 0. The van der Waals surface area contributed by atoms with Crippen molar-refractivity contribution in [3.05, 3.63) is 88.7 Å². The molecule has 0 aliphatic rings. The number of benzene rings is 2. The van der Waals surface area contributed by atoms with E-state index in [0.717, 1.165) is 5.56 Å². The molecule has 10 heteroatoms. The monoisotopic (exact) mass is 467 g/mol. The Morgan fingerprint density at radius 1 is 0.788 bits per heavy atom. The van der Waals surface area contributed by atoms with Crippen LogP contribution in [-0.4, -0.2) is 18.1 Å². The van der Waals surface area contributed by atoms with E-state index in [-0.39, 0.29) is 17.6 Å². The van der Waals surface area contributed by atoms with Gasteiger partial charge in [-0.3, -0.25) is 4.98 Å². The van der Waals surface area contributed by atoms with Crippen LogP contribution in [0.4, 0.5) is 26.3 Å². The zero-order chi connectivity index (χ0) is 24.2. The number of carbonyl (C=O) groups excluding carboxylic acids is 1. The summed E-state index contributed by atoms with van der Waals surface area (Å²) in [6.45, 7) is 0. The summed E-state index contributed by atoms with van der Waals surface area (Å²) in [7, 11) is 1.27. The van der Waals surface area contributed by atoms with Crippen molar-refractivity contribution in [3.8, 4) is 11.5 Å². The van der Waals surface area contributed by atoms with Crippen LogP contribution in [-0.2, 0) is 12.4 Å². The van der Waals surface area contributed by atoms with Crippen molar-refractivity contribution in [2.45, 2.75) is 12.4 Å². The van der Waals surface area contributed by atoms with E-state index < -0.39 is 35.0 Å². The van der Waals surface area contributed by atoms with Gasteiger partial charge in [-0.15, -0.1) is 0 Å². The van der Waals surface area contributed by atoms with Gasteiger partial charge < -0.3 is 9.47 Å². The van der Waals surface area contributed by atoms with Gasteiger partial charge in [0.15, 0.2) is 11.5 Å². The molecule has 1 aromatic heterocycles. The summed E-state index contributed by atoms with van der Waals surface area (Å²) < 4.78 is 88.4. The second-order valence-electron chi connectivity index (χ2n) is 6.71. The van der Waals surface area contributed by atoms with Crippen LogP contribution in [0.3, 0.4) is 0 Å². The van der Waals surface area contributed by atoms with Gasteiger partial charge in [-0.05, 0) is 53.6 Å². The van der Waals surface area contributed by atoms with E-state index in [4.69, 9.17) is 9.47 Å². The average Bonchev–Trinajstić information content (AvgIpc) is 2.77. The highest BCUT2D eigenvalue weighted by atomic mass is 19.4. The largest absolute Gasteiger partial charge is 0.493 e. The Kier molecular flexibility index (Phi) is 6.75. The average molecular weight is 467 g/mol. The van der Waals surface area contributed by atoms with E-state index in [9.17, 15) is 31.1 Å². The standard InChI is InChI=1S/C23H15F6NO3/c1-32-20-10-15(3-2-14-6-8-30-9-7-14)4-5-19(20)33-21(31)16-11-17(22(24,25)26)13-18(12-16)23(27,28)29/h2-13H,1H3/b3-2+. The highest BCUT2D eigenvalue weighted by Crippen LogP contribution is 2.37. The molecule has 0 amide bonds. The molecule has 0 saturated carbocycles. The molecule has 2 aromatic carbocycles. The van der Waals surface area contributed by atoms with Crippen LogP contribution in [0.15, 0.2) is 60.9 Å². The van der Waals surface area contributed by atoms with E-state index in [0.29, 0.717) is 17.7 Å². The first-order chi connectivity index (χ1) is 15.5. The fourth-order valence-electron chi connectivity index (χ4n) is 2.77. The van der Waals surface area contributed by atoms with Gasteiger partial charge in [-0.2, -0.15) is 26.3 Å². The van der Waals surface area contributed by atoms with Gasteiger partial charge in [0, 0.05) is 12.4 Å². The first kappa shape index (κ1) is 23.8. The van der Waals surface area contributed by atoms with Crippen LogP contribution < -0.4 is 9.47 Å². The van der Waals surface area contributed by atoms with Gasteiger partial charge >= 0.3 is 18.3 Å². The number of hydrogen-bond donors (Lipinski definition) is 0. The number of methoxy groups -OCH3 is 1. The van der Waals surface area contributed by atoms with Crippen LogP contribution >= 0.6 is 0 Å². The molecule has 0 spiro atoms. The molecule has 33 heavy (non-hydrogen) atoms. The number of aromatic nitrogens is 1. The Morgan fingerprint density at radius 2 is 1.36 bits per heavy atom. The number of hydrogen-bond acceptors (Lipinski definition) is 4.